The number of halogens is 1. The predicted octanol–water partition coefficient (Wildman–Crippen LogP) is -1.17. The molecule has 1 saturated heterocycles. The van der Waals surface area contributed by atoms with Crippen LogP contribution in [0.4, 0.5) is 17.1 Å². The molecule has 20 heavy (non-hydrogen) atoms. The molecular formula is C13H20ClN4O2-. The van der Waals surface area contributed by atoms with Crippen molar-refractivity contribution in [2.24, 2.45) is 0 Å². The van der Waals surface area contributed by atoms with Crippen LogP contribution in [0.5, 0.6) is 0 Å². The van der Waals surface area contributed by atoms with Crippen molar-refractivity contribution < 1.29 is 17.3 Å². The number of nitrogens with zero attached hydrogens (tertiary/aromatic N) is 2. The Morgan fingerprint density at radius 2 is 2.00 bits per heavy atom. The Morgan fingerprint density at radius 1 is 1.35 bits per heavy atom. The molecule has 112 valence electrons. The van der Waals surface area contributed by atoms with E-state index in [1.165, 1.54) is 0 Å². The second-order valence-electron chi connectivity index (χ2n) is 4.99. The van der Waals surface area contributed by atoms with Gasteiger partial charge in [0.25, 0.3) is 5.69 Å². The van der Waals surface area contributed by atoms with Crippen LogP contribution in [0.25, 0.3) is 0 Å². The summed E-state index contributed by atoms with van der Waals surface area (Å²) in [6.45, 7) is 7.70. The van der Waals surface area contributed by atoms with E-state index in [0.717, 1.165) is 31.9 Å². The first kappa shape index (κ1) is 16.5. The van der Waals surface area contributed by atoms with E-state index >= 15 is 0 Å². The average Bonchev–Trinajstić information content (AvgIpc) is 2.38. The zero-order valence-corrected chi connectivity index (χ0v) is 12.5. The summed E-state index contributed by atoms with van der Waals surface area (Å²) in [6.07, 6.45) is 0. The molecule has 0 bridgehead atoms. The summed E-state index contributed by atoms with van der Waals surface area (Å²) in [5.74, 6) is 0. The number of rotatable bonds is 4. The number of nitrogens with one attached hydrogen (secondary N) is 2. The Hall–Kier alpha value is -1.53. The minimum Gasteiger partial charge on any atom is -1.00 e. The Labute approximate surface area is 125 Å². The lowest BCUT2D eigenvalue weighted by Crippen LogP contribution is -3.00. The van der Waals surface area contributed by atoms with E-state index < -0.39 is 0 Å². The molecule has 0 unspecified atom stereocenters. The third kappa shape index (κ3) is 3.98. The largest absolute Gasteiger partial charge is 1.00 e. The van der Waals surface area contributed by atoms with Gasteiger partial charge >= 0.3 is 0 Å². The van der Waals surface area contributed by atoms with Gasteiger partial charge in [0.15, 0.2) is 0 Å². The van der Waals surface area contributed by atoms with Crippen molar-refractivity contribution in [3.8, 4) is 0 Å². The quantitative estimate of drug-likeness (QED) is 0.541. The van der Waals surface area contributed by atoms with Gasteiger partial charge in [-0.05, 0) is 26.0 Å². The zero-order chi connectivity index (χ0) is 13.8. The molecule has 1 heterocycles. The molecule has 0 amide bonds. The molecule has 1 aliphatic rings. The van der Waals surface area contributed by atoms with Crippen molar-refractivity contribution >= 4 is 17.1 Å². The third-order valence-electron chi connectivity index (χ3n) is 3.10. The fourth-order valence-electron chi connectivity index (χ4n) is 2.23. The normalized spacial score (nSPS) is 14.8. The molecule has 0 saturated carbocycles. The molecule has 6 nitrogen and oxygen atoms in total. The second kappa shape index (κ2) is 7.31. The van der Waals surface area contributed by atoms with E-state index in [4.69, 9.17) is 0 Å². The number of hydrogen-bond acceptors (Lipinski definition) is 5. The van der Waals surface area contributed by atoms with Crippen molar-refractivity contribution in [2.75, 3.05) is 36.4 Å². The molecule has 2 rings (SSSR count). The van der Waals surface area contributed by atoms with Crippen LogP contribution in [0, 0.1) is 10.1 Å². The molecule has 1 aromatic carbocycles. The van der Waals surface area contributed by atoms with Gasteiger partial charge in [0, 0.05) is 44.0 Å². The fourth-order valence-corrected chi connectivity index (χ4v) is 2.23. The van der Waals surface area contributed by atoms with E-state index in [1.807, 2.05) is 26.0 Å². The summed E-state index contributed by atoms with van der Waals surface area (Å²) in [4.78, 5) is 12.9. The van der Waals surface area contributed by atoms with Crippen molar-refractivity contribution in [1.82, 2.24) is 5.32 Å². The first-order chi connectivity index (χ1) is 9.08. The lowest BCUT2D eigenvalue weighted by atomic mass is 10.2. The van der Waals surface area contributed by atoms with E-state index in [-0.39, 0.29) is 29.1 Å². The molecular weight excluding hydrogens is 280 g/mol. The van der Waals surface area contributed by atoms with Gasteiger partial charge in [-0.3, -0.25) is 10.1 Å². The summed E-state index contributed by atoms with van der Waals surface area (Å²) in [7, 11) is 0. The molecule has 0 aromatic heterocycles. The molecule has 1 aromatic rings. The van der Waals surface area contributed by atoms with Crippen molar-refractivity contribution in [2.45, 2.75) is 19.9 Å². The number of benzene rings is 1. The van der Waals surface area contributed by atoms with Gasteiger partial charge in [-0.15, -0.1) is 0 Å². The molecule has 0 aliphatic carbocycles. The molecule has 0 radical (unpaired) electrons. The molecule has 0 atom stereocenters. The monoisotopic (exact) mass is 299 g/mol. The molecule has 2 N–H and O–H groups in total. The lowest BCUT2D eigenvalue weighted by molar-refractivity contribution is -0.384. The fraction of sp³-hybridized carbons (Fsp3) is 0.538. The molecule has 1 aliphatic heterocycles. The van der Waals surface area contributed by atoms with E-state index in [0.29, 0.717) is 5.69 Å². The summed E-state index contributed by atoms with van der Waals surface area (Å²) in [6, 6.07) is 5.46. The smallest absolute Gasteiger partial charge is 0.292 e. The van der Waals surface area contributed by atoms with Gasteiger partial charge in [-0.1, -0.05) is 0 Å². The lowest BCUT2D eigenvalue weighted by Gasteiger charge is -2.29. The van der Waals surface area contributed by atoms with Crippen LogP contribution in [0.1, 0.15) is 13.8 Å². The number of nitro benzene ring substituents is 1. The zero-order valence-electron chi connectivity index (χ0n) is 11.7. The summed E-state index contributed by atoms with van der Waals surface area (Å²) in [5, 5.41) is 17.5. The van der Waals surface area contributed by atoms with Gasteiger partial charge in [-0.2, -0.15) is 0 Å². The highest BCUT2D eigenvalue weighted by molar-refractivity contribution is 5.69. The first-order valence-electron chi connectivity index (χ1n) is 6.58. The Bertz CT molecular complexity index is 462. The highest BCUT2D eigenvalue weighted by Crippen LogP contribution is 2.30. The van der Waals surface area contributed by atoms with Gasteiger partial charge in [0.2, 0.25) is 0 Å². The topological polar surface area (TPSA) is 70.4 Å². The molecule has 7 heteroatoms. The number of piperazine rings is 1. The summed E-state index contributed by atoms with van der Waals surface area (Å²) in [5.41, 5.74) is 1.76. The maximum absolute atomic E-state index is 11.0. The van der Waals surface area contributed by atoms with E-state index in [1.54, 1.807) is 6.07 Å². The third-order valence-corrected chi connectivity index (χ3v) is 3.10. The Morgan fingerprint density at radius 3 is 2.55 bits per heavy atom. The van der Waals surface area contributed by atoms with Crippen LogP contribution in [0.15, 0.2) is 18.2 Å². The average molecular weight is 300 g/mol. The van der Waals surface area contributed by atoms with Crippen molar-refractivity contribution in [3.63, 3.8) is 0 Å². The standard InChI is InChI=1S/C13H20N4O2.ClH/c1-10(2)15-12-9-11(3-4-13(12)17(18)19)16-7-5-14-6-8-16;/h3-4,9-10,14-15H,5-8H2,1-2H3;1H/p-1. The van der Waals surface area contributed by atoms with Gasteiger partial charge in [0.1, 0.15) is 5.69 Å². The van der Waals surface area contributed by atoms with E-state index in [9.17, 15) is 10.1 Å². The minimum atomic E-state index is -0.341. The highest BCUT2D eigenvalue weighted by Gasteiger charge is 2.18. The number of anilines is 2. The second-order valence-corrected chi connectivity index (χ2v) is 4.99. The van der Waals surface area contributed by atoms with Crippen LogP contribution >= 0.6 is 0 Å². The SMILES string of the molecule is CC(C)Nc1cc(N2CCNCC2)ccc1[N+](=O)[O-].[Cl-]. The van der Waals surface area contributed by atoms with Crippen LogP contribution in [-0.4, -0.2) is 37.1 Å². The number of hydrogen-bond donors (Lipinski definition) is 2. The Balaban J connectivity index is 0.00000200. The molecule has 1 fully saturated rings. The maximum Gasteiger partial charge on any atom is 0.292 e. The Kier molecular flexibility index (Phi) is 6.04. The van der Waals surface area contributed by atoms with Crippen molar-refractivity contribution in [1.29, 1.82) is 0 Å². The predicted molar refractivity (Wildman–Crippen MR) is 76.9 cm³/mol. The van der Waals surface area contributed by atoms with Crippen molar-refractivity contribution in [3.05, 3.63) is 28.3 Å². The van der Waals surface area contributed by atoms with E-state index in [2.05, 4.69) is 15.5 Å². The van der Waals surface area contributed by atoms with Crippen LogP contribution in [0.2, 0.25) is 0 Å². The van der Waals surface area contributed by atoms with Gasteiger partial charge in [-0.25, -0.2) is 0 Å². The molecule has 0 spiro atoms. The summed E-state index contributed by atoms with van der Waals surface area (Å²) >= 11 is 0. The maximum atomic E-state index is 11.0. The first-order valence-corrected chi connectivity index (χ1v) is 6.58. The highest BCUT2D eigenvalue weighted by atomic mass is 35.5. The summed E-state index contributed by atoms with van der Waals surface area (Å²) < 4.78 is 0. The van der Waals surface area contributed by atoms with Crippen LogP contribution < -0.4 is 27.9 Å². The van der Waals surface area contributed by atoms with Crippen LogP contribution in [0.3, 0.4) is 0 Å². The minimum absolute atomic E-state index is 0. The van der Waals surface area contributed by atoms with Gasteiger partial charge in [0.05, 0.1) is 4.92 Å². The van der Waals surface area contributed by atoms with Crippen LogP contribution in [-0.2, 0) is 0 Å². The van der Waals surface area contributed by atoms with Gasteiger partial charge < -0.3 is 27.9 Å². The number of nitro groups is 1.